The van der Waals surface area contributed by atoms with E-state index in [0.29, 0.717) is 17.2 Å². The Balaban J connectivity index is 1.57. The monoisotopic (exact) mass is 298 g/mol. The van der Waals surface area contributed by atoms with Gasteiger partial charge in [-0.1, -0.05) is 23.4 Å². The van der Waals surface area contributed by atoms with Gasteiger partial charge in [0.25, 0.3) is 5.91 Å². The van der Waals surface area contributed by atoms with Crippen molar-refractivity contribution in [2.24, 2.45) is 0 Å². The van der Waals surface area contributed by atoms with Crippen molar-refractivity contribution in [1.29, 1.82) is 0 Å². The lowest BCUT2D eigenvalue weighted by Gasteiger charge is -2.07. The molecule has 0 aliphatic rings. The van der Waals surface area contributed by atoms with Crippen LogP contribution < -0.4 is 10.1 Å². The number of aromatic nitrogens is 1. The number of carbonyl (C=O) groups is 1. The predicted molar refractivity (Wildman–Crippen MR) is 79.5 cm³/mol. The summed E-state index contributed by atoms with van der Waals surface area (Å²) in [6.07, 6.45) is 1.54. The van der Waals surface area contributed by atoms with Crippen molar-refractivity contribution in [3.05, 3.63) is 54.3 Å². The molecular formula is C16H14N2O4. The Labute approximate surface area is 126 Å². The number of para-hydroxylation sites is 1. The van der Waals surface area contributed by atoms with E-state index in [1.807, 2.05) is 31.2 Å². The maximum atomic E-state index is 11.8. The van der Waals surface area contributed by atoms with E-state index in [1.54, 1.807) is 18.2 Å². The van der Waals surface area contributed by atoms with E-state index in [1.165, 1.54) is 6.26 Å². The van der Waals surface area contributed by atoms with Crippen molar-refractivity contribution in [3.63, 3.8) is 0 Å². The number of carbonyl (C=O) groups excluding carboxylic acids is 1. The first-order valence-corrected chi connectivity index (χ1v) is 6.71. The largest absolute Gasteiger partial charge is 0.483 e. The van der Waals surface area contributed by atoms with Crippen molar-refractivity contribution in [3.8, 4) is 17.2 Å². The number of hydrogen-bond acceptors (Lipinski definition) is 5. The van der Waals surface area contributed by atoms with Crippen LogP contribution >= 0.6 is 0 Å². The number of aryl methyl sites for hydroxylation is 1. The van der Waals surface area contributed by atoms with Gasteiger partial charge in [-0.2, -0.15) is 0 Å². The van der Waals surface area contributed by atoms with E-state index in [0.717, 1.165) is 5.56 Å². The molecule has 1 amide bonds. The van der Waals surface area contributed by atoms with Crippen LogP contribution in [0.15, 0.2) is 57.7 Å². The number of benzene rings is 1. The van der Waals surface area contributed by atoms with Crippen LogP contribution in [-0.4, -0.2) is 17.7 Å². The molecule has 1 N–H and O–H groups in total. The average molecular weight is 298 g/mol. The van der Waals surface area contributed by atoms with Gasteiger partial charge in [-0.05, 0) is 30.7 Å². The van der Waals surface area contributed by atoms with Crippen LogP contribution in [0.4, 0.5) is 5.88 Å². The molecule has 0 aliphatic heterocycles. The van der Waals surface area contributed by atoms with E-state index in [2.05, 4.69) is 10.5 Å². The van der Waals surface area contributed by atoms with Crippen LogP contribution in [0.3, 0.4) is 0 Å². The number of nitrogens with one attached hydrogen (secondary N) is 1. The third-order valence-electron chi connectivity index (χ3n) is 3.00. The zero-order chi connectivity index (χ0) is 15.4. The fourth-order valence-corrected chi connectivity index (χ4v) is 1.91. The Morgan fingerprint density at radius 1 is 1.27 bits per heavy atom. The van der Waals surface area contributed by atoms with Gasteiger partial charge in [0.15, 0.2) is 18.1 Å². The summed E-state index contributed by atoms with van der Waals surface area (Å²) < 4.78 is 15.7. The second-order valence-corrected chi connectivity index (χ2v) is 4.66. The highest BCUT2D eigenvalue weighted by atomic mass is 16.5. The van der Waals surface area contributed by atoms with Crippen molar-refractivity contribution >= 4 is 11.8 Å². The summed E-state index contributed by atoms with van der Waals surface area (Å²) in [7, 11) is 0. The lowest BCUT2D eigenvalue weighted by molar-refractivity contribution is -0.118. The van der Waals surface area contributed by atoms with Crippen LogP contribution in [0.25, 0.3) is 11.5 Å². The highest BCUT2D eigenvalue weighted by Crippen LogP contribution is 2.22. The molecule has 112 valence electrons. The van der Waals surface area contributed by atoms with Crippen molar-refractivity contribution in [1.82, 2.24) is 5.16 Å². The van der Waals surface area contributed by atoms with Crippen LogP contribution in [0.5, 0.6) is 5.75 Å². The van der Waals surface area contributed by atoms with E-state index in [9.17, 15) is 4.79 Å². The first kappa shape index (κ1) is 13.9. The lowest BCUT2D eigenvalue weighted by Crippen LogP contribution is -2.20. The second kappa shape index (κ2) is 6.17. The van der Waals surface area contributed by atoms with Gasteiger partial charge in [-0.15, -0.1) is 0 Å². The minimum Gasteiger partial charge on any atom is -0.483 e. The molecule has 2 aromatic heterocycles. The normalized spacial score (nSPS) is 10.4. The summed E-state index contributed by atoms with van der Waals surface area (Å²) in [5, 5.41) is 6.40. The zero-order valence-electron chi connectivity index (χ0n) is 11.9. The predicted octanol–water partition coefficient (Wildman–Crippen LogP) is 3.26. The number of furan rings is 1. The number of hydrogen-bond donors (Lipinski definition) is 1. The highest BCUT2D eigenvalue weighted by molar-refractivity contribution is 5.90. The van der Waals surface area contributed by atoms with Gasteiger partial charge >= 0.3 is 0 Å². The Kier molecular flexibility index (Phi) is 3.91. The van der Waals surface area contributed by atoms with Gasteiger partial charge < -0.3 is 13.7 Å². The lowest BCUT2D eigenvalue weighted by atomic mass is 10.2. The molecule has 6 heteroatoms. The topological polar surface area (TPSA) is 77.5 Å². The molecule has 22 heavy (non-hydrogen) atoms. The number of nitrogens with zero attached hydrogens (tertiary/aromatic N) is 1. The van der Waals surface area contributed by atoms with Gasteiger partial charge in [0, 0.05) is 6.07 Å². The Hall–Kier alpha value is -3.02. The summed E-state index contributed by atoms with van der Waals surface area (Å²) in [6, 6.07) is 12.6. The number of amides is 1. The molecule has 3 aromatic rings. The molecule has 0 bridgehead atoms. The summed E-state index contributed by atoms with van der Waals surface area (Å²) in [6.45, 7) is 1.81. The molecule has 2 heterocycles. The number of rotatable bonds is 5. The first-order valence-electron chi connectivity index (χ1n) is 6.71. The van der Waals surface area contributed by atoms with Crippen LogP contribution in [0, 0.1) is 6.92 Å². The fraction of sp³-hybridized carbons (Fsp3) is 0.125. The summed E-state index contributed by atoms with van der Waals surface area (Å²) in [4.78, 5) is 11.8. The smallest absolute Gasteiger partial charge is 0.264 e. The summed E-state index contributed by atoms with van der Waals surface area (Å²) in [5.41, 5.74) is 1.48. The maximum absolute atomic E-state index is 11.8. The minimum atomic E-state index is -0.328. The van der Waals surface area contributed by atoms with Crippen molar-refractivity contribution in [2.45, 2.75) is 6.92 Å². The first-order chi connectivity index (χ1) is 10.7. The van der Waals surface area contributed by atoms with Crippen LogP contribution in [0.2, 0.25) is 0 Å². The molecule has 0 fully saturated rings. The third kappa shape index (κ3) is 3.17. The van der Waals surface area contributed by atoms with Crippen molar-refractivity contribution < 1.29 is 18.5 Å². The van der Waals surface area contributed by atoms with Gasteiger partial charge in [0.1, 0.15) is 5.75 Å². The molecule has 0 unspecified atom stereocenters. The second-order valence-electron chi connectivity index (χ2n) is 4.66. The number of ether oxygens (including phenoxy) is 1. The van der Waals surface area contributed by atoms with Gasteiger partial charge in [0.2, 0.25) is 5.88 Å². The molecule has 0 saturated carbocycles. The SMILES string of the molecule is Cc1ccccc1OCC(=O)Nc1cc(-c2ccco2)no1. The number of anilines is 1. The summed E-state index contributed by atoms with van der Waals surface area (Å²) in [5.74, 6) is 1.15. The van der Waals surface area contributed by atoms with E-state index < -0.39 is 0 Å². The fourth-order valence-electron chi connectivity index (χ4n) is 1.91. The zero-order valence-corrected chi connectivity index (χ0v) is 11.9. The average Bonchev–Trinajstić information content (AvgIpc) is 3.17. The standard InChI is InChI=1S/C16H14N2O4/c1-11-5-2-3-6-13(11)21-10-15(19)17-16-9-12(18-22-16)14-7-4-8-20-14/h2-9H,10H2,1H3,(H,17,19). The molecule has 0 atom stereocenters. The Morgan fingerprint density at radius 2 is 2.14 bits per heavy atom. The molecular weight excluding hydrogens is 284 g/mol. The third-order valence-corrected chi connectivity index (χ3v) is 3.00. The van der Waals surface area contributed by atoms with Crippen LogP contribution in [0.1, 0.15) is 5.56 Å². The van der Waals surface area contributed by atoms with Gasteiger partial charge in [0.05, 0.1) is 6.26 Å². The van der Waals surface area contributed by atoms with Gasteiger partial charge in [-0.3, -0.25) is 10.1 Å². The summed E-state index contributed by atoms with van der Waals surface area (Å²) >= 11 is 0. The van der Waals surface area contributed by atoms with Crippen LogP contribution in [-0.2, 0) is 4.79 Å². The molecule has 6 nitrogen and oxygen atoms in total. The molecule has 3 rings (SSSR count). The molecule has 0 aliphatic carbocycles. The molecule has 0 spiro atoms. The van der Waals surface area contributed by atoms with Crippen molar-refractivity contribution in [2.75, 3.05) is 11.9 Å². The quantitative estimate of drug-likeness (QED) is 0.782. The van der Waals surface area contributed by atoms with E-state index >= 15 is 0 Å². The highest BCUT2D eigenvalue weighted by Gasteiger charge is 2.12. The Bertz CT molecular complexity index is 762. The Morgan fingerprint density at radius 3 is 2.91 bits per heavy atom. The van der Waals surface area contributed by atoms with Gasteiger partial charge in [-0.25, -0.2) is 0 Å². The minimum absolute atomic E-state index is 0.109. The molecule has 0 radical (unpaired) electrons. The van der Waals surface area contributed by atoms with E-state index in [4.69, 9.17) is 13.7 Å². The maximum Gasteiger partial charge on any atom is 0.264 e. The molecule has 1 aromatic carbocycles. The van der Waals surface area contributed by atoms with E-state index in [-0.39, 0.29) is 18.4 Å². The molecule has 0 saturated heterocycles.